The highest BCUT2D eigenvalue weighted by Crippen LogP contribution is 2.21. The maximum absolute atomic E-state index is 13.1. The van der Waals surface area contributed by atoms with Crippen LogP contribution >= 0.6 is 11.6 Å². The molecule has 1 fully saturated rings. The fourth-order valence-electron chi connectivity index (χ4n) is 3.60. The topological polar surface area (TPSA) is 97.1 Å². The van der Waals surface area contributed by atoms with E-state index in [-0.39, 0.29) is 11.6 Å². The molecule has 0 aliphatic heterocycles. The number of aliphatic hydroxyl groups excluding tert-OH is 1. The summed E-state index contributed by atoms with van der Waals surface area (Å²) in [6, 6.07) is 11.5. The van der Waals surface area contributed by atoms with Gasteiger partial charge in [-0.1, -0.05) is 36.6 Å². The number of pyridine rings is 1. The summed E-state index contributed by atoms with van der Waals surface area (Å²) in [7, 11) is 0. The second kappa shape index (κ2) is 8.77. The molecule has 2 atom stereocenters. The summed E-state index contributed by atoms with van der Waals surface area (Å²) in [6.45, 7) is 0. The third-order valence-electron chi connectivity index (χ3n) is 5.23. The lowest BCUT2D eigenvalue weighted by atomic mass is 9.92. The first-order valence-electron chi connectivity index (χ1n) is 9.82. The number of aliphatic hydroxyl groups is 1. The zero-order valence-corrected chi connectivity index (χ0v) is 16.9. The molecule has 0 spiro atoms. The quantitative estimate of drug-likeness (QED) is 0.671. The summed E-state index contributed by atoms with van der Waals surface area (Å²) in [5.74, 6) is -0.527. The Hall–Kier alpha value is -3.03. The monoisotopic (exact) mass is 424 g/mol. The van der Waals surface area contributed by atoms with Crippen LogP contribution in [0.15, 0.2) is 59.7 Å². The Morgan fingerprint density at radius 2 is 1.93 bits per heavy atom. The van der Waals surface area contributed by atoms with Gasteiger partial charge < -0.3 is 10.4 Å². The lowest BCUT2D eigenvalue weighted by Gasteiger charge is -2.28. The Labute approximate surface area is 178 Å². The van der Waals surface area contributed by atoms with E-state index in [0.29, 0.717) is 34.8 Å². The molecule has 1 amide bonds. The Morgan fingerprint density at radius 1 is 1.17 bits per heavy atom. The molecule has 0 saturated heterocycles. The highest BCUT2D eigenvalue weighted by molar-refractivity contribution is 6.30. The number of hydrogen-bond donors (Lipinski definition) is 2. The second-order valence-electron chi connectivity index (χ2n) is 7.31. The van der Waals surface area contributed by atoms with Gasteiger partial charge in [0.15, 0.2) is 0 Å². The minimum atomic E-state index is -0.610. The molecule has 1 aliphatic rings. The number of halogens is 1. The van der Waals surface area contributed by atoms with Crippen LogP contribution in [0, 0.1) is 0 Å². The highest BCUT2D eigenvalue weighted by atomic mass is 35.5. The number of hydrogen-bond acceptors (Lipinski definition) is 5. The highest BCUT2D eigenvalue weighted by Gasteiger charge is 2.26. The SMILES string of the molecule is O=C(N[C@@H]1CCCC[C@@H]1O)c1cc(-c2ccc(Cl)cc2)nn(-c2cccnc2)c1=O. The summed E-state index contributed by atoms with van der Waals surface area (Å²) in [5, 5.41) is 18.0. The fourth-order valence-corrected chi connectivity index (χ4v) is 3.72. The van der Waals surface area contributed by atoms with E-state index in [9.17, 15) is 14.7 Å². The number of aromatic nitrogens is 3. The van der Waals surface area contributed by atoms with Crippen molar-refractivity contribution in [2.24, 2.45) is 0 Å². The number of carbonyl (C=O) groups is 1. The van der Waals surface area contributed by atoms with Crippen molar-refractivity contribution < 1.29 is 9.90 Å². The predicted octanol–water partition coefficient (Wildman–Crippen LogP) is 2.98. The minimum absolute atomic E-state index is 0.0448. The third-order valence-corrected chi connectivity index (χ3v) is 5.48. The van der Waals surface area contributed by atoms with Crippen LogP contribution in [-0.2, 0) is 0 Å². The van der Waals surface area contributed by atoms with E-state index in [0.717, 1.165) is 12.8 Å². The summed E-state index contributed by atoms with van der Waals surface area (Å²) in [4.78, 5) is 30.1. The third kappa shape index (κ3) is 4.27. The normalized spacial score (nSPS) is 18.7. The number of nitrogens with zero attached hydrogens (tertiary/aromatic N) is 3. The predicted molar refractivity (Wildman–Crippen MR) is 114 cm³/mol. The second-order valence-corrected chi connectivity index (χ2v) is 7.75. The Bertz CT molecular complexity index is 1100. The van der Waals surface area contributed by atoms with Crippen molar-refractivity contribution in [1.29, 1.82) is 0 Å². The molecule has 0 unspecified atom stereocenters. The maximum atomic E-state index is 13.1. The van der Waals surface area contributed by atoms with Gasteiger partial charge in [0.05, 0.1) is 29.7 Å². The van der Waals surface area contributed by atoms with Crippen LogP contribution in [0.5, 0.6) is 0 Å². The molecular weight excluding hydrogens is 404 g/mol. The van der Waals surface area contributed by atoms with Gasteiger partial charge in [-0.2, -0.15) is 9.78 Å². The first kappa shape index (κ1) is 20.3. The molecule has 0 bridgehead atoms. The average molecular weight is 425 g/mol. The molecule has 2 heterocycles. The van der Waals surface area contributed by atoms with Gasteiger partial charge in [0.1, 0.15) is 5.56 Å². The van der Waals surface area contributed by atoms with Gasteiger partial charge in [0.25, 0.3) is 11.5 Å². The summed E-state index contributed by atoms with van der Waals surface area (Å²) < 4.78 is 1.17. The van der Waals surface area contributed by atoms with Crippen molar-refractivity contribution in [3.8, 4) is 16.9 Å². The molecule has 1 saturated carbocycles. The Kier molecular flexibility index (Phi) is 5.92. The van der Waals surface area contributed by atoms with E-state index in [2.05, 4.69) is 15.4 Å². The Balaban J connectivity index is 1.78. The summed E-state index contributed by atoms with van der Waals surface area (Å²) in [6.07, 6.45) is 5.66. The van der Waals surface area contributed by atoms with Gasteiger partial charge >= 0.3 is 0 Å². The van der Waals surface area contributed by atoms with Crippen LogP contribution < -0.4 is 10.9 Å². The fraction of sp³-hybridized carbons (Fsp3) is 0.273. The van der Waals surface area contributed by atoms with E-state index in [1.807, 2.05) is 0 Å². The van der Waals surface area contributed by atoms with Gasteiger partial charge in [-0.05, 0) is 43.2 Å². The van der Waals surface area contributed by atoms with Gasteiger partial charge in [0, 0.05) is 16.8 Å². The standard InChI is InChI=1S/C22H21ClN4O3/c23-15-9-7-14(8-10-15)19-12-17(21(29)25-18-5-1-2-6-20(18)28)22(30)27(26-19)16-4-3-11-24-13-16/h3-4,7-13,18,20,28H,1-2,5-6H2,(H,25,29)/t18-,20+/m1/s1. The molecule has 154 valence electrons. The van der Waals surface area contributed by atoms with Crippen molar-refractivity contribution in [1.82, 2.24) is 20.1 Å². The molecule has 4 rings (SSSR count). The van der Waals surface area contributed by atoms with Crippen molar-refractivity contribution in [2.45, 2.75) is 37.8 Å². The maximum Gasteiger partial charge on any atom is 0.284 e. The first-order valence-corrected chi connectivity index (χ1v) is 10.2. The van der Waals surface area contributed by atoms with Crippen LogP contribution in [0.3, 0.4) is 0 Å². The number of nitrogens with one attached hydrogen (secondary N) is 1. The van der Waals surface area contributed by atoms with E-state index >= 15 is 0 Å². The minimum Gasteiger partial charge on any atom is -0.391 e. The molecule has 0 radical (unpaired) electrons. The van der Waals surface area contributed by atoms with Crippen molar-refractivity contribution in [2.75, 3.05) is 0 Å². The largest absolute Gasteiger partial charge is 0.391 e. The molecule has 2 aromatic heterocycles. The van der Waals surface area contributed by atoms with E-state index < -0.39 is 17.6 Å². The lowest BCUT2D eigenvalue weighted by molar-refractivity contribution is 0.0716. The number of amides is 1. The molecule has 7 nitrogen and oxygen atoms in total. The van der Waals surface area contributed by atoms with Gasteiger partial charge in [-0.3, -0.25) is 14.6 Å². The number of rotatable bonds is 4. The van der Waals surface area contributed by atoms with Crippen LogP contribution in [0.25, 0.3) is 16.9 Å². The molecule has 3 aromatic rings. The Morgan fingerprint density at radius 3 is 2.63 bits per heavy atom. The lowest BCUT2D eigenvalue weighted by Crippen LogP contribution is -2.46. The summed E-state index contributed by atoms with van der Waals surface area (Å²) >= 11 is 5.98. The number of benzene rings is 1. The van der Waals surface area contributed by atoms with E-state index in [1.165, 1.54) is 16.9 Å². The van der Waals surface area contributed by atoms with Gasteiger partial charge in [-0.15, -0.1) is 0 Å². The first-order chi connectivity index (χ1) is 14.5. The average Bonchev–Trinajstić information content (AvgIpc) is 2.76. The smallest absolute Gasteiger partial charge is 0.284 e. The van der Waals surface area contributed by atoms with Crippen molar-refractivity contribution in [3.63, 3.8) is 0 Å². The van der Waals surface area contributed by atoms with E-state index in [1.54, 1.807) is 42.6 Å². The van der Waals surface area contributed by atoms with Crippen LogP contribution in [-0.4, -0.2) is 37.9 Å². The zero-order valence-electron chi connectivity index (χ0n) is 16.2. The van der Waals surface area contributed by atoms with Crippen LogP contribution in [0.1, 0.15) is 36.0 Å². The molecule has 1 aliphatic carbocycles. The molecule has 8 heteroatoms. The van der Waals surface area contributed by atoms with Gasteiger partial charge in [-0.25, -0.2) is 0 Å². The molecule has 30 heavy (non-hydrogen) atoms. The van der Waals surface area contributed by atoms with Crippen LogP contribution in [0.4, 0.5) is 0 Å². The van der Waals surface area contributed by atoms with E-state index in [4.69, 9.17) is 11.6 Å². The summed E-state index contributed by atoms with van der Waals surface area (Å²) in [5.41, 5.74) is 1.01. The zero-order chi connectivity index (χ0) is 21.1. The van der Waals surface area contributed by atoms with Crippen LogP contribution in [0.2, 0.25) is 5.02 Å². The van der Waals surface area contributed by atoms with Gasteiger partial charge in [0.2, 0.25) is 0 Å². The molecular formula is C22H21ClN4O3. The molecule has 1 aromatic carbocycles. The van der Waals surface area contributed by atoms with Crippen molar-refractivity contribution in [3.05, 3.63) is 75.8 Å². The number of carbonyl (C=O) groups excluding carboxylic acids is 1. The van der Waals surface area contributed by atoms with Crippen molar-refractivity contribution >= 4 is 17.5 Å². The molecule has 2 N–H and O–H groups in total.